The molecule has 0 spiro atoms. The highest BCUT2D eigenvalue weighted by Crippen LogP contribution is 2.27. The predicted molar refractivity (Wildman–Crippen MR) is 71.5 cm³/mol. The zero-order valence-corrected chi connectivity index (χ0v) is 12.0. The highest BCUT2D eigenvalue weighted by atomic mass is 79.9. The van der Waals surface area contributed by atoms with Gasteiger partial charge in [-0.1, -0.05) is 15.9 Å². The van der Waals surface area contributed by atoms with Gasteiger partial charge in [-0.2, -0.15) is 0 Å². The molecule has 0 unspecified atom stereocenters. The number of ether oxygens (including phenoxy) is 1. The summed E-state index contributed by atoms with van der Waals surface area (Å²) in [6.07, 6.45) is 1.30. The minimum Gasteiger partial charge on any atom is -0.438 e. The van der Waals surface area contributed by atoms with Gasteiger partial charge in [-0.15, -0.1) is 0 Å². The third-order valence-electron chi connectivity index (χ3n) is 2.11. The molecule has 2 rings (SSSR count). The van der Waals surface area contributed by atoms with Gasteiger partial charge in [0.15, 0.2) is 0 Å². The molecule has 0 saturated carbocycles. The topological polar surface area (TPSA) is 55.0 Å². The van der Waals surface area contributed by atoms with Gasteiger partial charge in [-0.25, -0.2) is 4.98 Å². The maximum atomic E-state index is 11.3. The molecule has 0 aliphatic carbocycles. The summed E-state index contributed by atoms with van der Waals surface area (Å²) in [5.74, 6) is 0.875. The molecular weight excluding hydrogens is 352 g/mol. The van der Waals surface area contributed by atoms with Gasteiger partial charge >= 0.3 is 0 Å². The lowest BCUT2D eigenvalue weighted by molar-refractivity contribution is 0.456. The maximum Gasteiger partial charge on any atom is 0.268 e. The number of benzene rings is 1. The zero-order chi connectivity index (χ0) is 12.4. The third-order valence-corrected chi connectivity index (χ3v) is 3.70. The van der Waals surface area contributed by atoms with E-state index in [1.807, 2.05) is 19.1 Å². The molecule has 6 heteroatoms. The molecule has 17 heavy (non-hydrogen) atoms. The van der Waals surface area contributed by atoms with E-state index in [-0.39, 0.29) is 15.9 Å². The fraction of sp³-hybridized carbons (Fsp3) is 0.0909. The Labute approximate surface area is 114 Å². The maximum absolute atomic E-state index is 11.3. The fourth-order valence-electron chi connectivity index (χ4n) is 1.23. The number of H-pyrrole nitrogens is 1. The van der Waals surface area contributed by atoms with Crippen molar-refractivity contribution in [2.24, 2.45) is 0 Å². The lowest BCUT2D eigenvalue weighted by atomic mass is 10.2. The van der Waals surface area contributed by atoms with Crippen molar-refractivity contribution in [3.05, 3.63) is 49.4 Å². The average molecular weight is 360 g/mol. The van der Waals surface area contributed by atoms with Crippen molar-refractivity contribution in [1.82, 2.24) is 9.97 Å². The first-order valence-electron chi connectivity index (χ1n) is 4.75. The van der Waals surface area contributed by atoms with E-state index in [1.165, 1.54) is 6.33 Å². The Morgan fingerprint density at radius 3 is 2.82 bits per heavy atom. The van der Waals surface area contributed by atoms with Crippen LogP contribution in [0.15, 0.2) is 38.3 Å². The molecule has 0 amide bonds. The third kappa shape index (κ3) is 2.76. The number of halogens is 2. The standard InChI is InChI=1S/C11H8Br2N2O2/c1-6-4-7(2-3-8(6)12)17-11-9(13)10(16)14-5-15-11/h2-5H,1H3,(H,14,15,16). The molecular formula is C11H8Br2N2O2. The molecule has 1 heterocycles. The van der Waals surface area contributed by atoms with Crippen LogP contribution in [-0.4, -0.2) is 9.97 Å². The molecule has 1 aromatic carbocycles. The van der Waals surface area contributed by atoms with Crippen molar-refractivity contribution in [3.63, 3.8) is 0 Å². The first-order chi connectivity index (χ1) is 8.08. The van der Waals surface area contributed by atoms with E-state index in [0.717, 1.165) is 10.0 Å². The molecule has 0 atom stereocenters. The molecule has 0 saturated heterocycles. The van der Waals surface area contributed by atoms with Crippen LogP contribution in [0.3, 0.4) is 0 Å². The van der Waals surface area contributed by atoms with Crippen LogP contribution >= 0.6 is 31.9 Å². The molecule has 0 fully saturated rings. The number of aromatic nitrogens is 2. The number of hydrogen-bond donors (Lipinski definition) is 1. The van der Waals surface area contributed by atoms with E-state index < -0.39 is 0 Å². The van der Waals surface area contributed by atoms with Crippen LogP contribution in [0.1, 0.15) is 5.56 Å². The normalized spacial score (nSPS) is 10.3. The van der Waals surface area contributed by atoms with E-state index >= 15 is 0 Å². The Balaban J connectivity index is 2.35. The second kappa shape index (κ2) is 5.01. The number of hydrogen-bond acceptors (Lipinski definition) is 3. The van der Waals surface area contributed by atoms with Crippen molar-refractivity contribution in [1.29, 1.82) is 0 Å². The first kappa shape index (κ1) is 12.3. The van der Waals surface area contributed by atoms with Crippen molar-refractivity contribution < 1.29 is 4.74 Å². The number of nitrogens with one attached hydrogen (secondary N) is 1. The minimum atomic E-state index is -0.274. The summed E-state index contributed by atoms with van der Waals surface area (Å²) in [7, 11) is 0. The molecule has 0 aliphatic rings. The molecule has 1 N–H and O–H groups in total. The van der Waals surface area contributed by atoms with E-state index in [9.17, 15) is 4.79 Å². The molecule has 88 valence electrons. The predicted octanol–water partition coefficient (Wildman–Crippen LogP) is 3.40. The lowest BCUT2D eigenvalue weighted by Gasteiger charge is -2.07. The molecule has 0 bridgehead atoms. The van der Waals surface area contributed by atoms with Crippen molar-refractivity contribution in [2.75, 3.05) is 0 Å². The van der Waals surface area contributed by atoms with Crippen LogP contribution in [0, 0.1) is 6.92 Å². The molecule has 0 aliphatic heterocycles. The molecule has 4 nitrogen and oxygen atoms in total. The van der Waals surface area contributed by atoms with Gasteiger partial charge < -0.3 is 9.72 Å². The van der Waals surface area contributed by atoms with Crippen LogP contribution in [0.25, 0.3) is 0 Å². The Bertz CT molecular complexity index is 611. The van der Waals surface area contributed by atoms with Crippen LogP contribution < -0.4 is 10.3 Å². The monoisotopic (exact) mass is 358 g/mol. The van der Waals surface area contributed by atoms with Crippen LogP contribution in [-0.2, 0) is 0 Å². The zero-order valence-electron chi connectivity index (χ0n) is 8.83. The summed E-state index contributed by atoms with van der Waals surface area (Å²) in [6, 6.07) is 5.54. The van der Waals surface area contributed by atoms with Crippen molar-refractivity contribution in [3.8, 4) is 11.6 Å². The summed E-state index contributed by atoms with van der Waals surface area (Å²) in [4.78, 5) is 17.7. The summed E-state index contributed by atoms with van der Waals surface area (Å²) in [6.45, 7) is 1.96. The number of aryl methyl sites for hydroxylation is 1. The summed E-state index contributed by atoms with van der Waals surface area (Å²) in [5, 5.41) is 0. The molecule has 1 aromatic heterocycles. The second-order valence-electron chi connectivity index (χ2n) is 3.36. The van der Waals surface area contributed by atoms with E-state index in [0.29, 0.717) is 5.75 Å². The van der Waals surface area contributed by atoms with Gasteiger partial charge in [0, 0.05) is 4.47 Å². The Morgan fingerprint density at radius 2 is 2.12 bits per heavy atom. The summed E-state index contributed by atoms with van der Waals surface area (Å²) in [5.41, 5.74) is 0.771. The van der Waals surface area contributed by atoms with Crippen molar-refractivity contribution in [2.45, 2.75) is 6.92 Å². The van der Waals surface area contributed by atoms with Gasteiger partial charge in [0.05, 0.1) is 6.33 Å². The van der Waals surface area contributed by atoms with Crippen LogP contribution in [0.5, 0.6) is 11.6 Å². The highest BCUT2D eigenvalue weighted by Gasteiger charge is 2.08. The van der Waals surface area contributed by atoms with Crippen molar-refractivity contribution >= 4 is 31.9 Å². The Morgan fingerprint density at radius 1 is 1.35 bits per heavy atom. The van der Waals surface area contributed by atoms with E-state index in [2.05, 4.69) is 41.8 Å². The lowest BCUT2D eigenvalue weighted by Crippen LogP contribution is -2.08. The Hall–Kier alpha value is -1.14. The molecule has 0 radical (unpaired) electrons. The van der Waals surface area contributed by atoms with E-state index in [4.69, 9.17) is 4.74 Å². The van der Waals surface area contributed by atoms with Gasteiger partial charge in [-0.3, -0.25) is 4.79 Å². The van der Waals surface area contributed by atoms with Gasteiger partial charge in [0.2, 0.25) is 5.88 Å². The van der Waals surface area contributed by atoms with Crippen LogP contribution in [0.2, 0.25) is 0 Å². The Kier molecular flexibility index (Phi) is 3.63. The average Bonchev–Trinajstić information content (AvgIpc) is 2.30. The molecule has 2 aromatic rings. The largest absolute Gasteiger partial charge is 0.438 e. The van der Waals surface area contributed by atoms with E-state index in [1.54, 1.807) is 6.07 Å². The summed E-state index contributed by atoms with van der Waals surface area (Å²) < 4.78 is 6.81. The van der Waals surface area contributed by atoms with Crippen LogP contribution in [0.4, 0.5) is 0 Å². The van der Waals surface area contributed by atoms with Gasteiger partial charge in [-0.05, 0) is 46.6 Å². The number of nitrogens with zero attached hydrogens (tertiary/aromatic N) is 1. The second-order valence-corrected chi connectivity index (χ2v) is 5.01. The van der Waals surface area contributed by atoms with Gasteiger partial charge in [0.1, 0.15) is 10.2 Å². The quantitative estimate of drug-likeness (QED) is 0.894. The first-order valence-corrected chi connectivity index (χ1v) is 6.33. The number of rotatable bonds is 2. The minimum absolute atomic E-state index is 0.246. The fourth-order valence-corrected chi connectivity index (χ4v) is 1.77. The smallest absolute Gasteiger partial charge is 0.268 e. The number of aromatic amines is 1. The van der Waals surface area contributed by atoms with Gasteiger partial charge in [0.25, 0.3) is 5.56 Å². The highest BCUT2D eigenvalue weighted by molar-refractivity contribution is 9.10. The SMILES string of the molecule is Cc1cc(Oc2nc[nH]c(=O)c2Br)ccc1Br. The summed E-state index contributed by atoms with van der Waals surface area (Å²) >= 11 is 6.54.